The van der Waals surface area contributed by atoms with Crippen LogP contribution in [0.1, 0.15) is 48.5 Å². The maximum atomic E-state index is 13.0. The number of hydrogen-bond donors (Lipinski definition) is 0. The van der Waals surface area contributed by atoms with Crippen LogP contribution in [-0.2, 0) is 9.47 Å². The van der Waals surface area contributed by atoms with E-state index in [0.717, 1.165) is 38.8 Å². The first kappa shape index (κ1) is 22.4. The van der Waals surface area contributed by atoms with Gasteiger partial charge in [0.2, 0.25) is 0 Å². The predicted molar refractivity (Wildman–Crippen MR) is 118 cm³/mol. The van der Waals surface area contributed by atoms with Gasteiger partial charge in [-0.3, -0.25) is 4.90 Å². The van der Waals surface area contributed by atoms with Gasteiger partial charge in [0.05, 0.1) is 23.8 Å². The number of carbonyl (C=O) groups is 1. The van der Waals surface area contributed by atoms with Crippen LogP contribution in [0.25, 0.3) is 0 Å². The summed E-state index contributed by atoms with van der Waals surface area (Å²) < 4.78 is 34.3. The van der Waals surface area contributed by atoms with Crippen LogP contribution in [0, 0.1) is 12.8 Å². The van der Waals surface area contributed by atoms with Crippen LogP contribution in [0.2, 0.25) is 5.02 Å². The van der Waals surface area contributed by atoms with Crippen molar-refractivity contribution in [2.45, 2.75) is 61.8 Å². The van der Waals surface area contributed by atoms with Crippen LogP contribution >= 0.6 is 34.2 Å². The number of fused-ring (bicyclic) bond motifs is 1. The molecule has 1 aromatic carbocycles. The summed E-state index contributed by atoms with van der Waals surface area (Å²) in [5, 5.41) is 0.349. The van der Waals surface area contributed by atoms with Crippen LogP contribution in [0.5, 0.6) is 11.5 Å². The SMILES string of the molecule is COC(=O)c1cc(Cl)c2c(c1C)OC(C)(C1CCC(N3CC(OC(F)I)C3)CC1)O2. The molecule has 0 spiro atoms. The third-order valence-electron chi connectivity index (χ3n) is 6.58. The van der Waals surface area contributed by atoms with Gasteiger partial charge in [0, 0.05) is 37.5 Å². The Labute approximate surface area is 194 Å². The number of benzene rings is 1. The Kier molecular flexibility index (Phi) is 6.41. The van der Waals surface area contributed by atoms with Crippen LogP contribution in [0.15, 0.2) is 6.07 Å². The number of ether oxygens (including phenoxy) is 4. The molecule has 6 nitrogen and oxygen atoms in total. The lowest BCUT2D eigenvalue weighted by atomic mass is 9.80. The molecule has 30 heavy (non-hydrogen) atoms. The number of nitrogens with zero attached hydrogens (tertiary/aromatic N) is 1. The van der Waals surface area contributed by atoms with E-state index >= 15 is 0 Å². The topological polar surface area (TPSA) is 57.2 Å². The summed E-state index contributed by atoms with van der Waals surface area (Å²) in [4.78, 5) is 14.4. The van der Waals surface area contributed by atoms with E-state index < -0.39 is 16.1 Å². The molecular weight excluding hydrogens is 528 g/mol. The Balaban J connectivity index is 1.39. The van der Waals surface area contributed by atoms with Crippen molar-refractivity contribution in [1.82, 2.24) is 4.90 Å². The number of rotatable bonds is 5. The standard InChI is InChI=1S/C21H26ClFINO5/c1-11-15(19(26)27-3)8-16(22)18-17(11)29-21(2,30-18)12-4-6-13(7-5-12)25-9-14(10-25)28-20(23)24/h8,12-14,20H,4-7,9-10H2,1-3H3. The van der Waals surface area contributed by atoms with Crippen LogP contribution < -0.4 is 9.47 Å². The Morgan fingerprint density at radius 1 is 1.30 bits per heavy atom. The number of carbonyl (C=O) groups excluding carboxylic acids is 1. The summed E-state index contributed by atoms with van der Waals surface area (Å²) in [6, 6.07) is 2.06. The first-order valence-corrected chi connectivity index (χ1v) is 11.8. The van der Waals surface area contributed by atoms with Gasteiger partial charge in [-0.15, -0.1) is 0 Å². The molecule has 1 aromatic rings. The van der Waals surface area contributed by atoms with Gasteiger partial charge in [0.25, 0.3) is 10.2 Å². The Morgan fingerprint density at radius 3 is 2.53 bits per heavy atom. The van der Waals surface area contributed by atoms with Crippen molar-refractivity contribution in [3.05, 3.63) is 22.2 Å². The summed E-state index contributed by atoms with van der Waals surface area (Å²) >= 11 is 8.04. The van der Waals surface area contributed by atoms with Gasteiger partial charge in [-0.1, -0.05) is 11.6 Å². The first-order chi connectivity index (χ1) is 14.2. The molecule has 9 heteroatoms. The fourth-order valence-electron chi connectivity index (χ4n) is 4.80. The lowest BCUT2D eigenvalue weighted by Gasteiger charge is -2.47. The molecule has 0 radical (unpaired) electrons. The molecule has 0 N–H and O–H groups in total. The molecule has 166 valence electrons. The third-order valence-corrected chi connectivity index (χ3v) is 7.15. The van der Waals surface area contributed by atoms with Gasteiger partial charge in [-0.25, -0.2) is 9.18 Å². The van der Waals surface area contributed by atoms with Gasteiger partial charge in [-0.05, 0) is 61.3 Å². The van der Waals surface area contributed by atoms with E-state index in [2.05, 4.69) is 4.90 Å². The summed E-state index contributed by atoms with van der Waals surface area (Å²) in [6.07, 6.45) is 3.96. The highest BCUT2D eigenvalue weighted by Gasteiger charge is 2.48. The van der Waals surface area contributed by atoms with E-state index in [1.807, 2.05) is 13.8 Å². The number of methoxy groups -OCH3 is 1. The fourth-order valence-corrected chi connectivity index (χ4v) is 5.45. The fraction of sp³-hybridized carbons (Fsp3) is 0.667. The third kappa shape index (κ3) is 4.12. The molecule has 3 aliphatic rings. The van der Waals surface area contributed by atoms with Gasteiger partial charge in [0.1, 0.15) is 0 Å². The molecule has 2 heterocycles. The van der Waals surface area contributed by atoms with E-state index in [4.69, 9.17) is 30.5 Å². The number of alkyl halides is 2. The van der Waals surface area contributed by atoms with Crippen LogP contribution in [-0.4, -0.2) is 53.4 Å². The predicted octanol–water partition coefficient (Wildman–Crippen LogP) is 4.87. The molecule has 0 bridgehead atoms. The molecule has 2 unspecified atom stereocenters. The minimum atomic E-state index is -1.24. The molecule has 1 saturated heterocycles. The molecule has 0 amide bonds. The van der Waals surface area contributed by atoms with Crippen molar-refractivity contribution in [2.75, 3.05) is 20.2 Å². The second kappa shape index (κ2) is 8.60. The van der Waals surface area contributed by atoms with E-state index in [9.17, 15) is 9.18 Å². The zero-order valence-corrected chi connectivity index (χ0v) is 20.2. The average molecular weight is 554 g/mol. The number of hydrogen-bond acceptors (Lipinski definition) is 6. The summed E-state index contributed by atoms with van der Waals surface area (Å²) in [6.45, 7) is 5.34. The molecule has 0 aromatic heterocycles. The highest BCUT2D eigenvalue weighted by atomic mass is 127. The number of halogens is 3. The quantitative estimate of drug-likeness (QED) is 0.295. The van der Waals surface area contributed by atoms with Gasteiger partial charge >= 0.3 is 5.97 Å². The average Bonchev–Trinajstić information content (AvgIpc) is 3.06. The zero-order valence-electron chi connectivity index (χ0n) is 17.3. The summed E-state index contributed by atoms with van der Waals surface area (Å²) in [7, 11) is 1.34. The maximum absolute atomic E-state index is 13.0. The van der Waals surface area contributed by atoms with Gasteiger partial charge in [-0.2, -0.15) is 0 Å². The number of esters is 1. The van der Waals surface area contributed by atoms with E-state index in [0.29, 0.717) is 33.7 Å². The Hall–Kier alpha value is -0.840. The lowest BCUT2D eigenvalue weighted by molar-refractivity contribution is -0.137. The van der Waals surface area contributed by atoms with E-state index in [1.165, 1.54) is 7.11 Å². The van der Waals surface area contributed by atoms with Crippen molar-refractivity contribution in [2.24, 2.45) is 5.92 Å². The smallest absolute Gasteiger partial charge is 0.338 e. The minimum Gasteiger partial charge on any atom is -0.465 e. The van der Waals surface area contributed by atoms with Crippen molar-refractivity contribution in [3.8, 4) is 11.5 Å². The molecule has 2 atom stereocenters. The molecule has 4 rings (SSSR count). The normalized spacial score (nSPS) is 30.1. The van der Waals surface area contributed by atoms with Crippen LogP contribution in [0.4, 0.5) is 4.39 Å². The summed E-state index contributed by atoms with van der Waals surface area (Å²) in [5.41, 5.74) is 1.06. The highest BCUT2D eigenvalue weighted by molar-refractivity contribution is 14.1. The minimum absolute atomic E-state index is 0.00253. The van der Waals surface area contributed by atoms with Gasteiger partial charge < -0.3 is 18.9 Å². The second-order valence-corrected chi connectivity index (χ2v) is 9.77. The molecular formula is C21H26ClFINO5. The second-order valence-electron chi connectivity index (χ2n) is 8.38. The number of likely N-dealkylation sites (tertiary alicyclic amines) is 1. The molecule has 2 aliphatic heterocycles. The molecule has 2 fully saturated rings. The first-order valence-electron chi connectivity index (χ1n) is 10.2. The Bertz CT molecular complexity index is 826. The zero-order chi connectivity index (χ0) is 21.6. The van der Waals surface area contributed by atoms with E-state index in [-0.39, 0.29) is 12.0 Å². The lowest BCUT2D eigenvalue weighted by Crippen LogP contribution is -2.58. The van der Waals surface area contributed by atoms with Crippen molar-refractivity contribution < 1.29 is 28.1 Å². The Morgan fingerprint density at radius 2 is 1.93 bits per heavy atom. The van der Waals surface area contributed by atoms with Gasteiger partial charge in [0.15, 0.2) is 11.5 Å². The van der Waals surface area contributed by atoms with E-state index in [1.54, 1.807) is 28.7 Å². The molecule has 1 aliphatic carbocycles. The van der Waals surface area contributed by atoms with Crippen LogP contribution in [0.3, 0.4) is 0 Å². The van der Waals surface area contributed by atoms with Crippen molar-refractivity contribution >= 4 is 40.2 Å². The largest absolute Gasteiger partial charge is 0.465 e. The monoisotopic (exact) mass is 553 g/mol. The highest BCUT2D eigenvalue weighted by Crippen LogP contribution is 2.52. The molecule has 1 saturated carbocycles. The summed E-state index contributed by atoms with van der Waals surface area (Å²) in [5.74, 6) is -0.0484. The van der Waals surface area contributed by atoms with Crippen molar-refractivity contribution in [3.63, 3.8) is 0 Å². The van der Waals surface area contributed by atoms with Crippen molar-refractivity contribution in [1.29, 1.82) is 0 Å². The maximum Gasteiger partial charge on any atom is 0.338 e.